The highest BCUT2D eigenvalue weighted by Gasteiger charge is 2.19. The Morgan fingerprint density at radius 3 is 2.89 bits per heavy atom. The van der Waals surface area contributed by atoms with Crippen molar-refractivity contribution in [3.63, 3.8) is 0 Å². The van der Waals surface area contributed by atoms with Crippen LogP contribution in [0.25, 0.3) is 0 Å². The minimum absolute atomic E-state index is 0. The van der Waals surface area contributed by atoms with Gasteiger partial charge in [-0.15, -0.1) is 12.4 Å². The van der Waals surface area contributed by atoms with Crippen LogP contribution in [0.2, 0.25) is 0 Å². The molecule has 18 heavy (non-hydrogen) atoms. The molecule has 2 heterocycles. The molecule has 1 N–H and O–H groups in total. The minimum atomic E-state index is 0. The van der Waals surface area contributed by atoms with Crippen LogP contribution in [0.15, 0.2) is 12.4 Å². The highest BCUT2D eigenvalue weighted by atomic mass is 35.5. The number of nitrogens with one attached hydrogen (secondary N) is 1. The molecule has 0 spiro atoms. The number of likely N-dealkylation sites (N-methyl/N-ethyl adjacent to an activating group) is 1. The van der Waals surface area contributed by atoms with Crippen LogP contribution < -0.4 is 10.1 Å². The van der Waals surface area contributed by atoms with E-state index in [0.29, 0.717) is 11.9 Å². The lowest BCUT2D eigenvalue weighted by molar-refractivity contribution is 0.191. The summed E-state index contributed by atoms with van der Waals surface area (Å²) in [5.41, 5.74) is 0.906. The van der Waals surface area contributed by atoms with Crippen molar-refractivity contribution in [3.8, 4) is 5.88 Å². The monoisotopic (exact) mass is 272 g/mol. The number of rotatable bonds is 4. The molecule has 1 fully saturated rings. The first-order valence-corrected chi connectivity index (χ1v) is 6.06. The van der Waals surface area contributed by atoms with Crippen molar-refractivity contribution in [2.75, 3.05) is 27.2 Å². The molecule has 1 unspecified atom stereocenters. The van der Waals surface area contributed by atoms with Gasteiger partial charge in [0.25, 0.3) is 0 Å². The summed E-state index contributed by atoms with van der Waals surface area (Å²) < 4.78 is 5.22. The lowest BCUT2D eigenvalue weighted by Gasteiger charge is -2.31. The molecule has 102 valence electrons. The van der Waals surface area contributed by atoms with Crippen LogP contribution in [0.1, 0.15) is 18.5 Å². The summed E-state index contributed by atoms with van der Waals surface area (Å²) in [5.74, 6) is 0.628. The Kier molecular flexibility index (Phi) is 6.32. The van der Waals surface area contributed by atoms with E-state index in [1.165, 1.54) is 12.8 Å². The number of piperidine rings is 1. The summed E-state index contributed by atoms with van der Waals surface area (Å²) in [7, 11) is 3.77. The van der Waals surface area contributed by atoms with Gasteiger partial charge in [0, 0.05) is 31.5 Å². The predicted molar refractivity (Wildman–Crippen MR) is 73.2 cm³/mol. The molecule has 0 aliphatic carbocycles. The van der Waals surface area contributed by atoms with Gasteiger partial charge in [-0.2, -0.15) is 0 Å². The van der Waals surface area contributed by atoms with Crippen molar-refractivity contribution in [1.29, 1.82) is 0 Å². The number of hydrogen-bond donors (Lipinski definition) is 1. The maximum absolute atomic E-state index is 5.22. The average molecular weight is 273 g/mol. The Morgan fingerprint density at radius 1 is 1.44 bits per heavy atom. The second-order valence-electron chi connectivity index (χ2n) is 4.43. The molecular weight excluding hydrogens is 252 g/mol. The number of halogens is 1. The lowest BCUT2D eigenvalue weighted by atomic mass is 10.1. The van der Waals surface area contributed by atoms with Gasteiger partial charge < -0.3 is 10.1 Å². The van der Waals surface area contributed by atoms with Gasteiger partial charge in [0.15, 0.2) is 0 Å². The fourth-order valence-electron chi connectivity index (χ4n) is 2.21. The second kappa shape index (κ2) is 7.51. The third-order valence-corrected chi connectivity index (χ3v) is 3.22. The van der Waals surface area contributed by atoms with E-state index in [0.717, 1.165) is 25.3 Å². The second-order valence-corrected chi connectivity index (χ2v) is 4.43. The van der Waals surface area contributed by atoms with Crippen molar-refractivity contribution < 1.29 is 4.74 Å². The van der Waals surface area contributed by atoms with Crippen LogP contribution >= 0.6 is 12.4 Å². The number of aromatic nitrogens is 2. The van der Waals surface area contributed by atoms with Gasteiger partial charge >= 0.3 is 0 Å². The Bertz CT molecular complexity index is 358. The molecule has 0 bridgehead atoms. The van der Waals surface area contributed by atoms with Gasteiger partial charge in [0.05, 0.1) is 7.11 Å². The summed E-state index contributed by atoms with van der Waals surface area (Å²) in [5, 5.41) is 3.42. The standard InChI is InChI=1S/C12H20N4O.ClH/c1-16(10-4-3-5-13-8-10)9-11-12(17-2)15-7-6-14-11;/h6-7,10,13H,3-5,8-9H2,1-2H3;1H. The van der Waals surface area contributed by atoms with Crippen molar-refractivity contribution in [2.24, 2.45) is 0 Å². The average Bonchev–Trinajstić information content (AvgIpc) is 2.40. The van der Waals surface area contributed by atoms with Crippen molar-refractivity contribution >= 4 is 12.4 Å². The number of nitrogens with zero attached hydrogens (tertiary/aromatic N) is 3. The lowest BCUT2D eigenvalue weighted by Crippen LogP contribution is -2.43. The zero-order valence-corrected chi connectivity index (χ0v) is 11.7. The Hall–Kier alpha value is -0.910. The third-order valence-electron chi connectivity index (χ3n) is 3.22. The molecule has 1 atom stereocenters. The summed E-state index contributed by atoms with van der Waals surface area (Å²) in [4.78, 5) is 10.8. The van der Waals surface area contributed by atoms with Crippen molar-refractivity contribution in [1.82, 2.24) is 20.2 Å². The number of ether oxygens (including phenoxy) is 1. The molecule has 1 aromatic rings. The molecule has 1 saturated heterocycles. The molecule has 0 radical (unpaired) electrons. The molecule has 6 heteroatoms. The molecule has 0 amide bonds. The van der Waals surface area contributed by atoms with Crippen LogP contribution in [0, 0.1) is 0 Å². The summed E-state index contributed by atoms with van der Waals surface area (Å²) in [6.45, 7) is 2.97. The Morgan fingerprint density at radius 2 is 2.22 bits per heavy atom. The van der Waals surface area contributed by atoms with E-state index in [4.69, 9.17) is 4.74 Å². The fourth-order valence-corrected chi connectivity index (χ4v) is 2.21. The van der Waals surface area contributed by atoms with Crippen LogP contribution in [0.5, 0.6) is 5.88 Å². The highest BCUT2D eigenvalue weighted by Crippen LogP contribution is 2.16. The predicted octanol–water partition coefficient (Wildman–Crippen LogP) is 1.09. The quantitative estimate of drug-likeness (QED) is 0.889. The van der Waals surface area contributed by atoms with E-state index in [9.17, 15) is 0 Å². The Balaban J connectivity index is 0.00000162. The minimum Gasteiger partial charge on any atom is -0.480 e. The number of hydrogen-bond acceptors (Lipinski definition) is 5. The molecule has 1 aromatic heterocycles. The first-order valence-electron chi connectivity index (χ1n) is 6.06. The summed E-state index contributed by atoms with van der Waals surface area (Å²) >= 11 is 0. The molecule has 0 aromatic carbocycles. The zero-order valence-electron chi connectivity index (χ0n) is 10.9. The number of methoxy groups -OCH3 is 1. The van der Waals surface area contributed by atoms with E-state index in [-0.39, 0.29) is 12.4 Å². The molecule has 2 rings (SSSR count). The third kappa shape index (κ3) is 3.80. The first-order chi connectivity index (χ1) is 8.31. The molecule has 1 aliphatic rings. The van der Waals surface area contributed by atoms with Gasteiger partial charge in [-0.05, 0) is 26.4 Å². The molecule has 0 saturated carbocycles. The van der Waals surface area contributed by atoms with Crippen LogP contribution in [0.3, 0.4) is 0 Å². The van der Waals surface area contributed by atoms with Crippen molar-refractivity contribution in [3.05, 3.63) is 18.1 Å². The SMILES string of the molecule is COc1nccnc1CN(C)C1CCCNC1.Cl. The van der Waals surface area contributed by atoms with Gasteiger partial charge in [0.2, 0.25) is 5.88 Å². The maximum atomic E-state index is 5.22. The maximum Gasteiger partial charge on any atom is 0.236 e. The van der Waals surface area contributed by atoms with Crippen LogP contribution in [-0.4, -0.2) is 48.2 Å². The van der Waals surface area contributed by atoms with E-state index < -0.39 is 0 Å². The van der Waals surface area contributed by atoms with Crippen LogP contribution in [0.4, 0.5) is 0 Å². The summed E-state index contributed by atoms with van der Waals surface area (Å²) in [6, 6.07) is 0.579. The smallest absolute Gasteiger partial charge is 0.236 e. The van der Waals surface area contributed by atoms with Crippen molar-refractivity contribution in [2.45, 2.75) is 25.4 Å². The normalized spacial score (nSPS) is 19.4. The van der Waals surface area contributed by atoms with Gasteiger partial charge in [-0.3, -0.25) is 9.88 Å². The summed E-state index contributed by atoms with van der Waals surface area (Å²) in [6.07, 6.45) is 5.86. The molecular formula is C12H21ClN4O. The van der Waals surface area contributed by atoms with Gasteiger partial charge in [-0.25, -0.2) is 4.98 Å². The van der Waals surface area contributed by atoms with Gasteiger partial charge in [0.1, 0.15) is 5.69 Å². The largest absolute Gasteiger partial charge is 0.480 e. The zero-order chi connectivity index (χ0) is 12.1. The van der Waals surface area contributed by atoms with Crippen LogP contribution in [-0.2, 0) is 6.54 Å². The van der Waals surface area contributed by atoms with E-state index >= 15 is 0 Å². The van der Waals surface area contributed by atoms with E-state index in [2.05, 4.69) is 27.2 Å². The highest BCUT2D eigenvalue weighted by molar-refractivity contribution is 5.85. The Labute approximate surface area is 114 Å². The molecule has 1 aliphatic heterocycles. The van der Waals surface area contributed by atoms with E-state index in [1.807, 2.05) is 0 Å². The topological polar surface area (TPSA) is 50.3 Å². The van der Waals surface area contributed by atoms with E-state index in [1.54, 1.807) is 19.5 Å². The first kappa shape index (κ1) is 15.1. The fraction of sp³-hybridized carbons (Fsp3) is 0.667. The molecule has 5 nitrogen and oxygen atoms in total. The van der Waals surface area contributed by atoms with Gasteiger partial charge in [-0.1, -0.05) is 0 Å².